The normalized spacial score (nSPS) is 32.5. The second kappa shape index (κ2) is 6.66. The Morgan fingerprint density at radius 3 is 2.55 bits per heavy atom. The molecule has 0 spiro atoms. The molecule has 5 nitrogen and oxygen atoms in total. The molecule has 2 aromatic heterocycles. The van der Waals surface area contributed by atoms with Gasteiger partial charge in [-0.1, -0.05) is 0 Å². The van der Waals surface area contributed by atoms with Gasteiger partial charge in [-0.25, -0.2) is 4.98 Å². The number of carbonyl (C=O) groups is 1. The molecule has 1 N–H and O–H groups in total. The van der Waals surface area contributed by atoms with Gasteiger partial charge < -0.3 is 5.32 Å². The first-order valence-electron chi connectivity index (χ1n) is 11.4. The van der Waals surface area contributed by atoms with Gasteiger partial charge in [0.2, 0.25) is 5.91 Å². The number of hydrogen-bond donors (Lipinski definition) is 1. The van der Waals surface area contributed by atoms with Crippen molar-refractivity contribution in [1.29, 1.82) is 0 Å². The van der Waals surface area contributed by atoms with Crippen molar-refractivity contribution in [3.63, 3.8) is 0 Å². The molecular weight excluding hydrogens is 382 g/mol. The summed E-state index contributed by atoms with van der Waals surface area (Å²) in [4.78, 5) is 32.7. The highest BCUT2D eigenvalue weighted by Crippen LogP contribution is 2.55. The van der Waals surface area contributed by atoms with Gasteiger partial charge in [0.1, 0.15) is 4.83 Å². The molecule has 4 bridgehead atoms. The van der Waals surface area contributed by atoms with Crippen LogP contribution in [0.3, 0.4) is 0 Å². The maximum Gasteiger partial charge on any atom is 0.262 e. The fourth-order valence-electron chi connectivity index (χ4n) is 7.18. The Kier molecular flexibility index (Phi) is 4.16. The number of hydrogen-bond acceptors (Lipinski definition) is 4. The van der Waals surface area contributed by atoms with Gasteiger partial charge in [0.25, 0.3) is 5.56 Å². The highest BCUT2D eigenvalue weighted by atomic mass is 32.1. The van der Waals surface area contributed by atoms with E-state index in [1.165, 1.54) is 55.4 Å². The minimum Gasteiger partial charge on any atom is -0.351 e. The van der Waals surface area contributed by atoms with Gasteiger partial charge in [-0.3, -0.25) is 14.2 Å². The SMILES string of the molecule is O=C(CCn1cnc2sc3c(c2c1=O)CCCC3)NC12CC3CC(CC(C3)C1)C2. The van der Waals surface area contributed by atoms with E-state index in [0.29, 0.717) is 13.0 Å². The molecule has 0 radical (unpaired) electrons. The van der Waals surface area contributed by atoms with Gasteiger partial charge in [0.05, 0.1) is 11.7 Å². The molecular formula is C23H29N3O2S. The van der Waals surface area contributed by atoms with Gasteiger partial charge in [-0.2, -0.15) is 0 Å². The number of fused-ring (bicyclic) bond motifs is 3. The van der Waals surface area contributed by atoms with Crippen LogP contribution in [0.25, 0.3) is 10.2 Å². The molecule has 0 saturated heterocycles. The third-order valence-electron chi connectivity index (χ3n) is 7.96. The van der Waals surface area contributed by atoms with Gasteiger partial charge in [0, 0.05) is 23.4 Å². The Morgan fingerprint density at radius 1 is 1.14 bits per heavy atom. The van der Waals surface area contributed by atoms with Crippen LogP contribution in [0, 0.1) is 17.8 Å². The number of thiophene rings is 1. The Hall–Kier alpha value is -1.69. The zero-order chi connectivity index (χ0) is 19.6. The first kappa shape index (κ1) is 18.1. The number of carbonyl (C=O) groups excluding carboxylic acids is 1. The summed E-state index contributed by atoms with van der Waals surface area (Å²) >= 11 is 1.68. The number of rotatable bonds is 4. The van der Waals surface area contributed by atoms with Crippen molar-refractivity contribution >= 4 is 27.5 Å². The first-order chi connectivity index (χ1) is 14.1. The number of nitrogens with zero attached hydrogens (tertiary/aromatic N) is 2. The summed E-state index contributed by atoms with van der Waals surface area (Å²) in [5.41, 5.74) is 1.31. The lowest BCUT2D eigenvalue weighted by atomic mass is 9.53. The second-order valence-corrected chi connectivity index (χ2v) is 11.2. The summed E-state index contributed by atoms with van der Waals surface area (Å²) in [5, 5.41) is 4.24. The minimum absolute atomic E-state index is 0.0389. The van der Waals surface area contributed by atoms with Gasteiger partial charge in [0.15, 0.2) is 0 Å². The standard InChI is InChI=1S/C23H29N3O2S/c27-19(25-23-10-14-7-15(11-23)9-16(8-14)12-23)5-6-26-13-24-21-20(22(26)28)17-3-1-2-4-18(17)29-21/h13-16H,1-12H2,(H,25,27). The van der Waals surface area contributed by atoms with Crippen LogP contribution in [0.4, 0.5) is 0 Å². The zero-order valence-electron chi connectivity index (χ0n) is 16.9. The third kappa shape index (κ3) is 3.06. The molecule has 0 atom stereocenters. The maximum absolute atomic E-state index is 13.1. The van der Waals surface area contributed by atoms with Gasteiger partial charge >= 0.3 is 0 Å². The number of nitrogens with one attached hydrogen (secondary N) is 1. The van der Waals surface area contributed by atoms with Crippen LogP contribution >= 0.6 is 11.3 Å². The summed E-state index contributed by atoms with van der Waals surface area (Å²) < 4.78 is 1.66. The summed E-state index contributed by atoms with van der Waals surface area (Å²) in [6.45, 7) is 0.421. The molecule has 2 aromatic rings. The minimum atomic E-state index is 0.0389. The Morgan fingerprint density at radius 2 is 1.83 bits per heavy atom. The monoisotopic (exact) mass is 411 g/mol. The molecule has 5 aliphatic rings. The molecule has 0 aliphatic heterocycles. The van der Waals surface area contributed by atoms with E-state index in [-0.39, 0.29) is 17.0 Å². The predicted molar refractivity (Wildman–Crippen MR) is 114 cm³/mol. The lowest BCUT2D eigenvalue weighted by Crippen LogP contribution is -2.59. The van der Waals surface area contributed by atoms with Crippen LogP contribution in [0.1, 0.15) is 68.2 Å². The summed E-state index contributed by atoms with van der Waals surface area (Å²) in [5.74, 6) is 2.56. The summed E-state index contributed by atoms with van der Waals surface area (Å²) in [7, 11) is 0. The summed E-state index contributed by atoms with van der Waals surface area (Å²) in [6, 6.07) is 0. The second-order valence-electron chi connectivity index (χ2n) is 10.1. The highest BCUT2D eigenvalue weighted by molar-refractivity contribution is 7.18. The fraction of sp³-hybridized carbons (Fsp3) is 0.696. The van der Waals surface area contributed by atoms with Crippen molar-refractivity contribution in [2.45, 2.75) is 82.7 Å². The number of amides is 1. The van der Waals surface area contributed by atoms with E-state index in [9.17, 15) is 9.59 Å². The molecule has 0 unspecified atom stereocenters. The van der Waals surface area contributed by atoms with Crippen molar-refractivity contribution in [2.75, 3.05) is 0 Å². The van der Waals surface area contributed by atoms with E-state index in [2.05, 4.69) is 10.3 Å². The van der Waals surface area contributed by atoms with E-state index >= 15 is 0 Å². The molecule has 5 aliphatic carbocycles. The van der Waals surface area contributed by atoms with Crippen LogP contribution < -0.4 is 10.9 Å². The lowest BCUT2D eigenvalue weighted by Gasteiger charge is -2.56. The lowest BCUT2D eigenvalue weighted by molar-refractivity contribution is -0.127. The highest BCUT2D eigenvalue weighted by Gasteiger charge is 2.51. The van der Waals surface area contributed by atoms with E-state index in [1.54, 1.807) is 22.2 Å². The molecule has 7 rings (SSSR count). The quantitative estimate of drug-likeness (QED) is 0.832. The van der Waals surface area contributed by atoms with Crippen LogP contribution in [0.15, 0.2) is 11.1 Å². The largest absolute Gasteiger partial charge is 0.351 e. The Labute approximate surface area is 174 Å². The topological polar surface area (TPSA) is 64.0 Å². The van der Waals surface area contributed by atoms with Crippen molar-refractivity contribution in [3.05, 3.63) is 27.1 Å². The average Bonchev–Trinajstić information content (AvgIpc) is 3.05. The smallest absolute Gasteiger partial charge is 0.262 e. The third-order valence-corrected chi connectivity index (χ3v) is 9.16. The van der Waals surface area contributed by atoms with E-state index in [1.807, 2.05) is 0 Å². The Bertz CT molecular complexity index is 1000. The molecule has 2 heterocycles. The number of aryl methyl sites for hydroxylation is 3. The zero-order valence-corrected chi connectivity index (χ0v) is 17.7. The predicted octanol–water partition coefficient (Wildman–Crippen LogP) is 3.81. The van der Waals surface area contributed by atoms with Gasteiger partial charge in [-0.15, -0.1) is 11.3 Å². The van der Waals surface area contributed by atoms with E-state index in [4.69, 9.17) is 0 Å². The Balaban J connectivity index is 1.18. The van der Waals surface area contributed by atoms with Gasteiger partial charge in [-0.05, 0) is 87.5 Å². The average molecular weight is 412 g/mol. The van der Waals surface area contributed by atoms with Crippen LogP contribution in [-0.4, -0.2) is 21.0 Å². The van der Waals surface area contributed by atoms with Crippen LogP contribution in [-0.2, 0) is 24.2 Å². The van der Waals surface area contributed by atoms with Crippen molar-refractivity contribution in [3.8, 4) is 0 Å². The molecule has 154 valence electrons. The maximum atomic E-state index is 13.1. The molecule has 6 heteroatoms. The number of aromatic nitrogens is 2. The van der Waals surface area contributed by atoms with Crippen molar-refractivity contribution in [1.82, 2.24) is 14.9 Å². The molecule has 29 heavy (non-hydrogen) atoms. The molecule has 4 saturated carbocycles. The van der Waals surface area contributed by atoms with Crippen LogP contribution in [0.5, 0.6) is 0 Å². The first-order valence-corrected chi connectivity index (χ1v) is 12.2. The van der Waals surface area contributed by atoms with Crippen LogP contribution in [0.2, 0.25) is 0 Å². The van der Waals surface area contributed by atoms with E-state index in [0.717, 1.165) is 47.2 Å². The fourth-order valence-corrected chi connectivity index (χ4v) is 8.40. The molecule has 0 aromatic carbocycles. The summed E-state index contributed by atoms with van der Waals surface area (Å²) in [6.07, 6.45) is 14.1. The molecule has 1 amide bonds. The van der Waals surface area contributed by atoms with Crippen molar-refractivity contribution in [2.24, 2.45) is 17.8 Å². The van der Waals surface area contributed by atoms with Crippen molar-refractivity contribution < 1.29 is 4.79 Å². The molecule has 4 fully saturated rings. The van der Waals surface area contributed by atoms with E-state index < -0.39 is 0 Å².